The van der Waals surface area contributed by atoms with E-state index >= 15 is 0 Å². The number of halogens is 1. The molecule has 0 radical (unpaired) electrons. The number of rotatable bonds is 7. The minimum atomic E-state index is -0.0554. The van der Waals surface area contributed by atoms with Gasteiger partial charge < -0.3 is 15.6 Å². The Morgan fingerprint density at radius 3 is 2.80 bits per heavy atom. The van der Waals surface area contributed by atoms with Gasteiger partial charge in [0.15, 0.2) is 5.82 Å². The van der Waals surface area contributed by atoms with E-state index in [-0.39, 0.29) is 5.91 Å². The number of nitrogens with zero attached hydrogens (tertiary/aromatic N) is 3. The first kappa shape index (κ1) is 17.6. The number of nitrogens with two attached hydrogens (primary N) is 1. The first-order valence-electron chi connectivity index (χ1n) is 7.52. The molecule has 3 N–H and O–H groups in total. The molecule has 0 atom stereocenters. The second-order valence-corrected chi connectivity index (χ2v) is 7.12. The maximum absolute atomic E-state index is 11.8. The van der Waals surface area contributed by atoms with Crippen LogP contribution in [0.2, 0.25) is 0 Å². The van der Waals surface area contributed by atoms with Crippen LogP contribution >= 0.6 is 27.7 Å². The summed E-state index contributed by atoms with van der Waals surface area (Å²) < 4.78 is 7.58. The lowest BCUT2D eigenvalue weighted by molar-refractivity contribution is -0.120. The molecule has 25 heavy (non-hydrogen) atoms. The topological polar surface area (TPSA) is 99.0 Å². The smallest absolute Gasteiger partial charge is 0.221 e. The van der Waals surface area contributed by atoms with E-state index in [1.807, 2.05) is 30.3 Å². The van der Waals surface area contributed by atoms with Crippen molar-refractivity contribution in [1.82, 2.24) is 20.2 Å². The van der Waals surface area contributed by atoms with Crippen molar-refractivity contribution in [3.8, 4) is 11.4 Å². The van der Waals surface area contributed by atoms with Crippen LogP contribution in [0.3, 0.4) is 0 Å². The molecule has 2 heterocycles. The van der Waals surface area contributed by atoms with Crippen LogP contribution < -0.4 is 11.2 Å². The summed E-state index contributed by atoms with van der Waals surface area (Å²) in [7, 11) is 0. The Kier molecular flexibility index (Phi) is 5.77. The second-order valence-electron chi connectivity index (χ2n) is 5.14. The zero-order chi connectivity index (χ0) is 17.6. The van der Waals surface area contributed by atoms with Crippen LogP contribution in [0.25, 0.3) is 11.4 Å². The number of nitrogens with one attached hydrogen (secondary N) is 1. The molecule has 0 bridgehead atoms. The van der Waals surface area contributed by atoms with Crippen molar-refractivity contribution >= 4 is 33.6 Å². The number of aromatic nitrogens is 3. The van der Waals surface area contributed by atoms with Crippen molar-refractivity contribution in [2.75, 3.05) is 11.6 Å². The summed E-state index contributed by atoms with van der Waals surface area (Å²) in [5.74, 6) is 7.86. The van der Waals surface area contributed by atoms with Crippen LogP contribution in [0.15, 0.2) is 56.7 Å². The number of hydrogen-bond acceptors (Lipinski definition) is 6. The fraction of sp³-hybridized carbons (Fsp3) is 0.188. The van der Waals surface area contributed by atoms with Crippen molar-refractivity contribution < 1.29 is 9.21 Å². The van der Waals surface area contributed by atoms with Gasteiger partial charge in [0.1, 0.15) is 5.76 Å². The van der Waals surface area contributed by atoms with E-state index in [0.717, 1.165) is 15.8 Å². The van der Waals surface area contributed by atoms with E-state index in [4.69, 9.17) is 10.3 Å². The number of nitrogen functional groups attached to an aromatic ring is 1. The third-order valence-corrected chi connectivity index (χ3v) is 4.84. The van der Waals surface area contributed by atoms with Crippen LogP contribution in [0, 0.1) is 0 Å². The van der Waals surface area contributed by atoms with Crippen LogP contribution in [-0.4, -0.2) is 26.5 Å². The van der Waals surface area contributed by atoms with Gasteiger partial charge in [-0.05, 0) is 24.3 Å². The zero-order valence-corrected chi connectivity index (χ0v) is 15.6. The number of thioether (sulfide) groups is 1. The van der Waals surface area contributed by atoms with E-state index in [9.17, 15) is 4.79 Å². The quantitative estimate of drug-likeness (QED) is 0.449. The summed E-state index contributed by atoms with van der Waals surface area (Å²) in [6.45, 7) is 0.386. The van der Waals surface area contributed by atoms with E-state index in [1.54, 1.807) is 12.3 Å². The largest absolute Gasteiger partial charge is 0.467 e. The SMILES string of the molecule is Nn1c(SCCC(=O)NCc2ccco2)nnc1-c1ccc(Br)cc1. The first-order valence-corrected chi connectivity index (χ1v) is 9.29. The summed E-state index contributed by atoms with van der Waals surface area (Å²) in [4.78, 5) is 11.8. The predicted octanol–water partition coefficient (Wildman–Crippen LogP) is 2.81. The lowest BCUT2D eigenvalue weighted by Crippen LogP contribution is -2.22. The number of amides is 1. The molecule has 0 saturated carbocycles. The number of benzene rings is 1. The average molecular weight is 422 g/mol. The monoisotopic (exact) mass is 421 g/mol. The van der Waals surface area contributed by atoms with Gasteiger partial charge in [-0.2, -0.15) is 0 Å². The van der Waals surface area contributed by atoms with E-state index in [1.165, 1.54) is 16.4 Å². The first-order chi connectivity index (χ1) is 12.1. The van der Waals surface area contributed by atoms with Gasteiger partial charge in [-0.3, -0.25) is 4.79 Å². The summed E-state index contributed by atoms with van der Waals surface area (Å²) in [5, 5.41) is 11.6. The summed E-state index contributed by atoms with van der Waals surface area (Å²) >= 11 is 4.78. The molecule has 3 rings (SSSR count). The average Bonchev–Trinajstić information content (AvgIpc) is 3.25. The fourth-order valence-corrected chi connectivity index (χ4v) is 3.15. The minimum Gasteiger partial charge on any atom is -0.467 e. The normalized spacial score (nSPS) is 10.8. The molecule has 1 amide bonds. The molecule has 2 aromatic heterocycles. The van der Waals surface area contributed by atoms with E-state index < -0.39 is 0 Å². The number of carbonyl (C=O) groups is 1. The standard InChI is InChI=1S/C16H16BrN5O2S/c17-12-5-3-11(4-6-12)15-20-21-16(22(15)18)25-9-7-14(23)19-10-13-2-1-8-24-13/h1-6,8H,7,9-10,18H2,(H,19,23). The van der Waals surface area contributed by atoms with E-state index in [2.05, 4.69) is 31.4 Å². The maximum atomic E-state index is 11.8. The third-order valence-electron chi connectivity index (χ3n) is 3.37. The van der Waals surface area contributed by atoms with Gasteiger partial charge in [0.25, 0.3) is 0 Å². The van der Waals surface area contributed by atoms with Crippen molar-refractivity contribution in [3.05, 3.63) is 52.9 Å². The Labute approximate surface area is 157 Å². The molecule has 130 valence electrons. The van der Waals surface area contributed by atoms with E-state index in [0.29, 0.717) is 29.7 Å². The van der Waals surface area contributed by atoms with Gasteiger partial charge in [-0.25, -0.2) is 4.68 Å². The highest BCUT2D eigenvalue weighted by Gasteiger charge is 2.12. The Morgan fingerprint density at radius 1 is 1.28 bits per heavy atom. The van der Waals surface area contributed by atoms with Gasteiger partial charge in [-0.1, -0.05) is 39.8 Å². The molecule has 3 aromatic rings. The Bertz CT molecular complexity index is 833. The molecule has 0 aliphatic carbocycles. The number of carbonyl (C=O) groups excluding carboxylic acids is 1. The Morgan fingerprint density at radius 2 is 2.08 bits per heavy atom. The second kappa shape index (κ2) is 8.21. The van der Waals surface area contributed by atoms with Gasteiger partial charge in [0.2, 0.25) is 11.1 Å². The third kappa shape index (κ3) is 4.64. The lowest BCUT2D eigenvalue weighted by atomic mass is 10.2. The number of hydrogen-bond donors (Lipinski definition) is 2. The highest BCUT2D eigenvalue weighted by Crippen LogP contribution is 2.23. The Hall–Kier alpha value is -2.26. The van der Waals surface area contributed by atoms with Crippen molar-refractivity contribution in [3.63, 3.8) is 0 Å². The molecular weight excluding hydrogens is 406 g/mol. The number of furan rings is 1. The predicted molar refractivity (Wildman–Crippen MR) is 99.2 cm³/mol. The maximum Gasteiger partial charge on any atom is 0.221 e. The van der Waals surface area contributed by atoms with Crippen molar-refractivity contribution in [2.24, 2.45) is 0 Å². The molecule has 1 aromatic carbocycles. The minimum absolute atomic E-state index is 0.0554. The molecule has 9 heteroatoms. The summed E-state index contributed by atoms with van der Waals surface area (Å²) in [6.07, 6.45) is 1.93. The molecule has 0 fully saturated rings. The van der Waals surface area contributed by atoms with Crippen LogP contribution in [0.4, 0.5) is 0 Å². The lowest BCUT2D eigenvalue weighted by Gasteiger charge is -2.05. The van der Waals surface area contributed by atoms with Gasteiger partial charge in [0, 0.05) is 22.2 Å². The van der Waals surface area contributed by atoms with Gasteiger partial charge >= 0.3 is 0 Å². The Balaban J connectivity index is 1.50. The van der Waals surface area contributed by atoms with Crippen LogP contribution in [-0.2, 0) is 11.3 Å². The molecule has 0 aliphatic rings. The van der Waals surface area contributed by atoms with Gasteiger partial charge in [0.05, 0.1) is 12.8 Å². The van der Waals surface area contributed by atoms with Crippen LogP contribution in [0.5, 0.6) is 0 Å². The summed E-state index contributed by atoms with van der Waals surface area (Å²) in [6, 6.07) is 11.3. The molecule has 0 spiro atoms. The van der Waals surface area contributed by atoms with Crippen molar-refractivity contribution in [1.29, 1.82) is 0 Å². The molecular formula is C16H16BrN5O2S. The fourth-order valence-electron chi connectivity index (χ4n) is 2.09. The highest BCUT2D eigenvalue weighted by molar-refractivity contribution is 9.10. The van der Waals surface area contributed by atoms with Crippen molar-refractivity contribution in [2.45, 2.75) is 18.1 Å². The van der Waals surface area contributed by atoms with Gasteiger partial charge in [-0.15, -0.1) is 10.2 Å². The summed E-state index contributed by atoms with van der Waals surface area (Å²) in [5.41, 5.74) is 0.876. The molecule has 0 aliphatic heterocycles. The molecule has 0 saturated heterocycles. The molecule has 0 unspecified atom stereocenters. The van der Waals surface area contributed by atoms with Crippen LogP contribution in [0.1, 0.15) is 12.2 Å². The molecule has 7 nitrogen and oxygen atoms in total. The zero-order valence-electron chi connectivity index (χ0n) is 13.2. The highest BCUT2D eigenvalue weighted by atomic mass is 79.9.